The number of aromatic nitrogens is 1. The smallest absolute Gasteiger partial charge is 0.407 e. The van der Waals surface area contributed by atoms with Crippen LogP contribution in [0.25, 0.3) is 0 Å². The fourth-order valence-corrected chi connectivity index (χ4v) is 2.04. The fourth-order valence-electron chi connectivity index (χ4n) is 1.52. The van der Waals surface area contributed by atoms with Crippen molar-refractivity contribution in [3.05, 3.63) is 52.0 Å². The van der Waals surface area contributed by atoms with Crippen LogP contribution in [0.15, 0.2) is 35.8 Å². The first-order chi connectivity index (χ1) is 11.2. The van der Waals surface area contributed by atoms with Crippen molar-refractivity contribution in [3.63, 3.8) is 0 Å². The molecule has 1 aromatic carbocycles. The zero-order valence-corrected chi connectivity index (χ0v) is 13.7. The van der Waals surface area contributed by atoms with E-state index in [1.807, 2.05) is 13.8 Å². The van der Waals surface area contributed by atoms with E-state index in [-0.39, 0.29) is 13.2 Å². The van der Waals surface area contributed by atoms with Gasteiger partial charge in [-0.2, -0.15) is 0 Å². The van der Waals surface area contributed by atoms with E-state index in [9.17, 15) is 9.59 Å². The number of hydroxylamine groups is 1. The van der Waals surface area contributed by atoms with E-state index in [4.69, 9.17) is 9.94 Å². The molecule has 0 fully saturated rings. The van der Waals surface area contributed by atoms with Gasteiger partial charge in [0, 0.05) is 23.7 Å². The Bertz CT molecular complexity index is 600. The van der Waals surface area contributed by atoms with Crippen molar-refractivity contribution in [1.29, 1.82) is 0 Å². The second-order valence-corrected chi connectivity index (χ2v) is 4.97. The number of nitrogens with zero attached hydrogens (tertiary/aromatic N) is 1. The maximum absolute atomic E-state index is 11.5. The van der Waals surface area contributed by atoms with Crippen LogP contribution < -0.4 is 10.8 Å². The number of ether oxygens (including phenoxy) is 1. The lowest BCUT2D eigenvalue weighted by atomic mass is 10.1. The summed E-state index contributed by atoms with van der Waals surface area (Å²) in [5.41, 5.74) is 2.68. The lowest BCUT2D eigenvalue weighted by Gasteiger charge is -2.06. The summed E-state index contributed by atoms with van der Waals surface area (Å²) in [5, 5.41) is 13.6. The molecule has 0 atom stereocenters. The van der Waals surface area contributed by atoms with Crippen LogP contribution in [0.1, 0.15) is 34.8 Å². The van der Waals surface area contributed by atoms with Gasteiger partial charge in [-0.1, -0.05) is 26.0 Å². The molecule has 3 N–H and O–H groups in total. The van der Waals surface area contributed by atoms with Crippen LogP contribution in [0.4, 0.5) is 4.79 Å². The van der Waals surface area contributed by atoms with Crippen molar-refractivity contribution in [2.45, 2.75) is 27.0 Å². The molecule has 0 spiro atoms. The van der Waals surface area contributed by atoms with Gasteiger partial charge < -0.3 is 10.1 Å². The van der Waals surface area contributed by atoms with E-state index in [1.165, 1.54) is 11.3 Å². The molecule has 0 aliphatic heterocycles. The minimum absolute atomic E-state index is 0.138. The van der Waals surface area contributed by atoms with Crippen LogP contribution >= 0.6 is 11.3 Å². The van der Waals surface area contributed by atoms with Crippen LogP contribution in [0.3, 0.4) is 0 Å². The molecule has 0 bridgehead atoms. The number of amides is 2. The second kappa shape index (κ2) is 10.3. The highest BCUT2D eigenvalue weighted by molar-refractivity contribution is 7.09. The molecule has 124 valence electrons. The number of thiazole rings is 1. The Morgan fingerprint density at radius 1 is 1.26 bits per heavy atom. The van der Waals surface area contributed by atoms with E-state index < -0.39 is 12.0 Å². The van der Waals surface area contributed by atoms with Crippen molar-refractivity contribution >= 4 is 23.3 Å². The molecule has 23 heavy (non-hydrogen) atoms. The number of nitrogens with one attached hydrogen (secondary N) is 2. The maximum Gasteiger partial charge on any atom is 0.407 e. The van der Waals surface area contributed by atoms with Crippen LogP contribution in [0.5, 0.6) is 0 Å². The van der Waals surface area contributed by atoms with Crippen molar-refractivity contribution in [1.82, 2.24) is 15.8 Å². The van der Waals surface area contributed by atoms with Crippen LogP contribution in [0.2, 0.25) is 0 Å². The first-order valence-corrected chi connectivity index (χ1v) is 7.89. The summed E-state index contributed by atoms with van der Waals surface area (Å²) in [5.74, 6) is -0.586. The third kappa shape index (κ3) is 6.45. The Labute approximate surface area is 138 Å². The first-order valence-electron chi connectivity index (χ1n) is 7.01. The fraction of sp³-hybridized carbons (Fsp3) is 0.267. The standard InChI is InChI=1S/C13H13N3O4S.C2H6/c17-12(16-19)10-3-1-9(2-4-10)7-15-13(18)20-8-11-14-5-6-21-11;1-2/h1-6,19H,7-8H2,(H,15,18)(H,16,17);1-2H3. The first kappa shape index (κ1) is 18.6. The normalized spacial score (nSPS) is 9.35. The number of hydrogen-bond donors (Lipinski definition) is 3. The zero-order valence-electron chi connectivity index (χ0n) is 12.9. The Hall–Kier alpha value is -2.45. The summed E-state index contributed by atoms with van der Waals surface area (Å²) in [6.07, 6.45) is 1.10. The number of benzene rings is 1. The Kier molecular flexibility index (Phi) is 8.33. The summed E-state index contributed by atoms with van der Waals surface area (Å²) >= 11 is 1.41. The van der Waals surface area contributed by atoms with Crippen LogP contribution in [-0.2, 0) is 17.9 Å². The predicted molar refractivity (Wildman–Crippen MR) is 86.2 cm³/mol. The summed E-state index contributed by atoms with van der Waals surface area (Å²) in [4.78, 5) is 26.6. The van der Waals surface area contributed by atoms with Gasteiger partial charge in [0.05, 0.1) is 0 Å². The SMILES string of the molecule is CC.O=C(NCc1ccc(C(=O)NO)cc1)OCc1nccs1. The summed E-state index contributed by atoms with van der Waals surface area (Å²) in [6, 6.07) is 6.43. The third-order valence-electron chi connectivity index (χ3n) is 2.56. The molecular formula is C15H19N3O4S. The lowest BCUT2D eigenvalue weighted by molar-refractivity contribution is 0.0706. The van der Waals surface area contributed by atoms with Gasteiger partial charge in [-0.05, 0) is 17.7 Å². The molecule has 1 aromatic heterocycles. The summed E-state index contributed by atoms with van der Waals surface area (Å²) in [7, 11) is 0. The molecule has 0 unspecified atom stereocenters. The van der Waals surface area contributed by atoms with E-state index in [2.05, 4.69) is 10.3 Å². The molecule has 2 rings (SSSR count). The molecule has 0 saturated carbocycles. The molecular weight excluding hydrogens is 318 g/mol. The van der Waals surface area contributed by atoms with Crippen molar-refractivity contribution in [3.8, 4) is 0 Å². The van der Waals surface area contributed by atoms with E-state index >= 15 is 0 Å². The Morgan fingerprint density at radius 3 is 2.52 bits per heavy atom. The molecule has 2 aromatic rings. The largest absolute Gasteiger partial charge is 0.442 e. The summed E-state index contributed by atoms with van der Waals surface area (Å²) < 4.78 is 4.99. The van der Waals surface area contributed by atoms with Crippen molar-refractivity contribution < 1.29 is 19.5 Å². The van der Waals surface area contributed by atoms with Gasteiger partial charge in [-0.3, -0.25) is 10.0 Å². The molecule has 0 saturated heterocycles. The van der Waals surface area contributed by atoms with Gasteiger partial charge in [0.25, 0.3) is 5.91 Å². The van der Waals surface area contributed by atoms with Gasteiger partial charge in [-0.25, -0.2) is 15.3 Å². The molecule has 0 radical (unpaired) electrons. The summed E-state index contributed by atoms with van der Waals surface area (Å²) in [6.45, 7) is 4.41. The molecule has 8 heteroatoms. The van der Waals surface area contributed by atoms with E-state index in [1.54, 1.807) is 41.3 Å². The van der Waals surface area contributed by atoms with Crippen LogP contribution in [0, 0.1) is 0 Å². The number of carbonyl (C=O) groups excluding carboxylic acids is 2. The van der Waals surface area contributed by atoms with Crippen molar-refractivity contribution in [2.75, 3.05) is 0 Å². The van der Waals surface area contributed by atoms with E-state index in [0.29, 0.717) is 5.56 Å². The van der Waals surface area contributed by atoms with Crippen molar-refractivity contribution in [2.24, 2.45) is 0 Å². The minimum atomic E-state index is -0.586. The maximum atomic E-state index is 11.5. The van der Waals surface area contributed by atoms with Gasteiger partial charge in [0.1, 0.15) is 11.6 Å². The topological polar surface area (TPSA) is 101 Å². The number of carbonyl (C=O) groups is 2. The molecule has 1 heterocycles. The monoisotopic (exact) mass is 337 g/mol. The zero-order chi connectivity index (χ0) is 17.1. The van der Waals surface area contributed by atoms with Gasteiger partial charge >= 0.3 is 6.09 Å². The highest BCUT2D eigenvalue weighted by atomic mass is 32.1. The molecule has 0 aliphatic carbocycles. The third-order valence-corrected chi connectivity index (χ3v) is 3.32. The Morgan fingerprint density at radius 2 is 1.96 bits per heavy atom. The predicted octanol–water partition coefficient (Wildman–Crippen LogP) is 2.71. The highest BCUT2D eigenvalue weighted by Crippen LogP contribution is 2.06. The van der Waals surface area contributed by atoms with Gasteiger partial charge in [0.15, 0.2) is 0 Å². The number of rotatable bonds is 5. The Balaban J connectivity index is 0.00000127. The lowest BCUT2D eigenvalue weighted by Crippen LogP contribution is -2.23. The minimum Gasteiger partial charge on any atom is -0.442 e. The number of alkyl carbamates (subject to hydrolysis) is 1. The second-order valence-electron chi connectivity index (χ2n) is 3.99. The van der Waals surface area contributed by atoms with Gasteiger partial charge in [0.2, 0.25) is 0 Å². The highest BCUT2D eigenvalue weighted by Gasteiger charge is 2.06. The van der Waals surface area contributed by atoms with Gasteiger partial charge in [-0.15, -0.1) is 11.3 Å². The molecule has 2 amide bonds. The average Bonchev–Trinajstić information content (AvgIpc) is 3.13. The molecule has 0 aliphatic rings. The average molecular weight is 337 g/mol. The number of hydrogen-bond acceptors (Lipinski definition) is 6. The van der Waals surface area contributed by atoms with Crippen LogP contribution in [-0.4, -0.2) is 22.2 Å². The molecule has 7 nitrogen and oxygen atoms in total. The van der Waals surface area contributed by atoms with E-state index in [0.717, 1.165) is 10.6 Å². The quantitative estimate of drug-likeness (QED) is 0.575.